The Morgan fingerprint density at radius 2 is 1.67 bits per heavy atom. The molecule has 0 radical (unpaired) electrons. The number of nitrogens with two attached hydrogens (primary N) is 1. The Morgan fingerprint density at radius 3 is 2.36 bits per heavy atom. The second-order valence-corrected chi connectivity index (χ2v) is 10.1. The highest BCUT2D eigenvalue weighted by Crippen LogP contribution is 2.42. The van der Waals surface area contributed by atoms with Crippen molar-refractivity contribution in [1.29, 1.82) is 0 Å². The number of aromatic nitrogens is 1. The van der Waals surface area contributed by atoms with E-state index >= 15 is 0 Å². The number of carbonyl (C=O) groups excluding carboxylic acids is 1. The number of fused-ring (bicyclic) bond motifs is 1. The summed E-state index contributed by atoms with van der Waals surface area (Å²) in [5.74, 6) is 0.387. The second-order valence-electron chi connectivity index (χ2n) is 8.25. The summed E-state index contributed by atoms with van der Waals surface area (Å²) in [5, 5.41) is 4.41. The van der Waals surface area contributed by atoms with Gasteiger partial charge in [0.05, 0.1) is 29.2 Å². The first-order valence-electron chi connectivity index (χ1n) is 11.0. The monoisotopic (exact) mass is 533 g/mol. The minimum absolute atomic E-state index is 0.355. The Hall–Kier alpha value is -3.58. The Bertz CT molecular complexity index is 1600. The van der Waals surface area contributed by atoms with Gasteiger partial charge in [-0.2, -0.15) is 0 Å². The lowest BCUT2D eigenvalue weighted by Gasteiger charge is -2.10. The molecule has 3 aromatic carbocycles. The van der Waals surface area contributed by atoms with Gasteiger partial charge < -0.3 is 15.8 Å². The summed E-state index contributed by atoms with van der Waals surface area (Å²) in [7, 11) is 1.63. The Labute approximate surface area is 222 Å². The normalized spacial score (nSPS) is 11.0. The molecule has 0 aliphatic carbocycles. The third-order valence-corrected chi connectivity index (χ3v) is 7.49. The lowest BCUT2D eigenvalue weighted by molar-refractivity contribution is 0.103. The molecule has 180 valence electrons. The molecule has 3 N–H and O–H groups in total. The van der Waals surface area contributed by atoms with Crippen LogP contribution >= 0.6 is 34.5 Å². The van der Waals surface area contributed by atoms with Crippen LogP contribution in [0.5, 0.6) is 5.75 Å². The van der Waals surface area contributed by atoms with E-state index in [1.807, 2.05) is 61.5 Å². The van der Waals surface area contributed by atoms with Crippen molar-refractivity contribution in [2.75, 3.05) is 18.2 Å². The van der Waals surface area contributed by atoms with Crippen molar-refractivity contribution in [2.24, 2.45) is 0 Å². The number of benzene rings is 3. The fraction of sp³-hybridized carbons (Fsp3) is 0.0714. The molecule has 0 spiro atoms. The highest BCUT2D eigenvalue weighted by molar-refractivity contribution is 7.21. The second kappa shape index (κ2) is 9.82. The maximum absolute atomic E-state index is 13.3. The maximum atomic E-state index is 13.3. The number of amides is 1. The molecule has 0 fully saturated rings. The molecule has 0 saturated heterocycles. The predicted octanol–water partition coefficient (Wildman–Crippen LogP) is 8.09. The average Bonchev–Trinajstić information content (AvgIpc) is 3.22. The Balaban J connectivity index is 1.66. The fourth-order valence-electron chi connectivity index (χ4n) is 3.93. The van der Waals surface area contributed by atoms with Gasteiger partial charge in [0.2, 0.25) is 0 Å². The van der Waals surface area contributed by atoms with Crippen LogP contribution in [0.1, 0.15) is 15.2 Å². The number of ether oxygens (including phenoxy) is 1. The van der Waals surface area contributed by atoms with Gasteiger partial charge in [-0.3, -0.25) is 4.79 Å². The molecule has 0 aliphatic heterocycles. The third-order valence-electron chi connectivity index (χ3n) is 5.83. The third kappa shape index (κ3) is 4.63. The predicted molar refractivity (Wildman–Crippen MR) is 151 cm³/mol. The first-order chi connectivity index (χ1) is 17.3. The van der Waals surface area contributed by atoms with Crippen molar-refractivity contribution in [2.45, 2.75) is 6.92 Å². The quantitative estimate of drug-likeness (QED) is 0.239. The number of methoxy groups -OCH3 is 1. The van der Waals surface area contributed by atoms with Crippen LogP contribution in [-0.2, 0) is 0 Å². The average molecular weight is 534 g/mol. The van der Waals surface area contributed by atoms with E-state index < -0.39 is 0 Å². The zero-order valence-corrected chi connectivity index (χ0v) is 21.8. The van der Waals surface area contributed by atoms with Crippen LogP contribution in [-0.4, -0.2) is 18.0 Å². The van der Waals surface area contributed by atoms with E-state index in [4.69, 9.17) is 38.7 Å². The molecule has 0 bridgehead atoms. The summed E-state index contributed by atoms with van der Waals surface area (Å²) in [6.45, 7) is 2.04. The zero-order chi connectivity index (χ0) is 25.4. The minimum atomic E-state index is -0.375. The summed E-state index contributed by atoms with van der Waals surface area (Å²) >= 11 is 13.6. The van der Waals surface area contributed by atoms with Crippen LogP contribution < -0.4 is 15.8 Å². The number of hydrogen-bond donors (Lipinski definition) is 2. The fourth-order valence-corrected chi connectivity index (χ4v) is 5.28. The van der Waals surface area contributed by atoms with Gasteiger partial charge in [0, 0.05) is 16.0 Å². The molecule has 0 atom stereocenters. The van der Waals surface area contributed by atoms with E-state index in [0.29, 0.717) is 31.1 Å². The minimum Gasteiger partial charge on any atom is -0.497 e. The van der Waals surface area contributed by atoms with Crippen LogP contribution in [0.2, 0.25) is 10.0 Å². The summed E-state index contributed by atoms with van der Waals surface area (Å²) in [5.41, 5.74) is 12.1. The number of rotatable bonds is 5. The van der Waals surface area contributed by atoms with E-state index in [-0.39, 0.29) is 5.91 Å². The molecular formula is C28H21Cl2N3O2S. The van der Waals surface area contributed by atoms with Crippen molar-refractivity contribution in [3.63, 3.8) is 0 Å². The number of halogens is 2. The van der Waals surface area contributed by atoms with Gasteiger partial charge in [-0.1, -0.05) is 53.0 Å². The maximum Gasteiger partial charge on any atom is 0.267 e. The van der Waals surface area contributed by atoms with E-state index in [2.05, 4.69) is 5.32 Å². The lowest BCUT2D eigenvalue weighted by Crippen LogP contribution is -2.12. The smallest absolute Gasteiger partial charge is 0.267 e. The molecule has 5 rings (SSSR count). The van der Waals surface area contributed by atoms with Crippen LogP contribution in [0.4, 0.5) is 11.4 Å². The van der Waals surface area contributed by atoms with Crippen molar-refractivity contribution in [3.05, 3.63) is 93.3 Å². The topological polar surface area (TPSA) is 77.2 Å². The van der Waals surface area contributed by atoms with E-state index in [1.165, 1.54) is 11.3 Å². The molecule has 5 nitrogen and oxygen atoms in total. The molecule has 8 heteroatoms. The molecule has 2 aromatic heterocycles. The van der Waals surface area contributed by atoms with E-state index in [1.54, 1.807) is 25.3 Å². The number of nitrogens with zero attached hydrogens (tertiary/aromatic N) is 1. The number of hydrogen-bond acceptors (Lipinski definition) is 5. The number of carbonyl (C=O) groups is 1. The van der Waals surface area contributed by atoms with Gasteiger partial charge in [0.15, 0.2) is 0 Å². The van der Waals surface area contributed by atoms with Gasteiger partial charge in [-0.15, -0.1) is 11.3 Å². The van der Waals surface area contributed by atoms with Crippen LogP contribution in [0, 0.1) is 6.92 Å². The molecule has 0 aliphatic rings. The molecule has 0 saturated carbocycles. The number of nitrogens with one attached hydrogen (secondary N) is 1. The number of pyridine rings is 1. The Kier molecular flexibility index (Phi) is 6.58. The number of aryl methyl sites for hydroxylation is 1. The Morgan fingerprint density at radius 1 is 0.972 bits per heavy atom. The van der Waals surface area contributed by atoms with Crippen molar-refractivity contribution < 1.29 is 9.53 Å². The van der Waals surface area contributed by atoms with Crippen molar-refractivity contribution in [3.8, 4) is 28.1 Å². The van der Waals surface area contributed by atoms with Gasteiger partial charge in [-0.25, -0.2) is 4.98 Å². The van der Waals surface area contributed by atoms with Gasteiger partial charge in [0.1, 0.15) is 15.5 Å². The van der Waals surface area contributed by atoms with Crippen LogP contribution in [0.25, 0.3) is 32.6 Å². The van der Waals surface area contributed by atoms with Gasteiger partial charge >= 0.3 is 0 Å². The molecule has 2 heterocycles. The molecular weight excluding hydrogens is 513 g/mol. The summed E-state index contributed by atoms with van der Waals surface area (Å²) < 4.78 is 5.29. The van der Waals surface area contributed by atoms with E-state index in [9.17, 15) is 4.79 Å². The van der Waals surface area contributed by atoms with Crippen molar-refractivity contribution in [1.82, 2.24) is 4.98 Å². The standard InChI is InChI=1S/C28H21Cl2N3O2S/c1-15-3-5-16(6-4-15)20-14-22(17-7-10-19(35-2)11-8-17)33-28-24(20)25(31)26(36-28)27(34)32-23-13-18(29)9-12-21(23)30/h3-14H,31H2,1-2H3,(H,32,34). The molecule has 36 heavy (non-hydrogen) atoms. The zero-order valence-electron chi connectivity index (χ0n) is 19.4. The summed E-state index contributed by atoms with van der Waals surface area (Å²) in [6, 6.07) is 22.8. The molecule has 0 unspecified atom stereocenters. The summed E-state index contributed by atoms with van der Waals surface area (Å²) in [6.07, 6.45) is 0. The molecule has 1 amide bonds. The first-order valence-corrected chi connectivity index (χ1v) is 12.6. The highest BCUT2D eigenvalue weighted by Gasteiger charge is 2.22. The van der Waals surface area contributed by atoms with Crippen LogP contribution in [0.3, 0.4) is 0 Å². The number of anilines is 2. The SMILES string of the molecule is COc1ccc(-c2cc(-c3ccc(C)cc3)c3c(N)c(C(=O)Nc4cc(Cl)ccc4Cl)sc3n2)cc1. The van der Waals surface area contributed by atoms with Crippen LogP contribution in [0.15, 0.2) is 72.8 Å². The van der Waals surface area contributed by atoms with Gasteiger partial charge in [0.25, 0.3) is 5.91 Å². The molecule has 5 aromatic rings. The number of nitrogen functional groups attached to an aromatic ring is 1. The first kappa shape index (κ1) is 24.1. The number of thiophene rings is 1. The highest BCUT2D eigenvalue weighted by atomic mass is 35.5. The largest absolute Gasteiger partial charge is 0.497 e. The lowest BCUT2D eigenvalue weighted by atomic mass is 9.98. The summed E-state index contributed by atoms with van der Waals surface area (Å²) in [4.78, 5) is 19.2. The van der Waals surface area contributed by atoms with Gasteiger partial charge in [-0.05, 0) is 66.6 Å². The van der Waals surface area contributed by atoms with E-state index in [0.717, 1.165) is 39.1 Å². The van der Waals surface area contributed by atoms with Crippen molar-refractivity contribution >= 4 is 62.0 Å².